The number of anilines is 2. The van der Waals surface area contributed by atoms with Crippen molar-refractivity contribution in [3.05, 3.63) is 36.7 Å². The van der Waals surface area contributed by atoms with E-state index in [0.29, 0.717) is 36.3 Å². The number of aromatic nitrogens is 2. The molecule has 2 aromatic rings. The van der Waals surface area contributed by atoms with E-state index in [1.807, 2.05) is 13.8 Å². The number of nitrogens with zero attached hydrogens (tertiary/aromatic N) is 2. The molecule has 0 aliphatic rings. The van der Waals surface area contributed by atoms with E-state index >= 15 is 0 Å². The lowest BCUT2D eigenvalue weighted by Crippen LogP contribution is -2.44. The third-order valence-corrected chi connectivity index (χ3v) is 16.2. The van der Waals surface area contributed by atoms with Crippen molar-refractivity contribution in [1.29, 1.82) is 0 Å². The van der Waals surface area contributed by atoms with Gasteiger partial charge in [-0.2, -0.15) is 0 Å². The average Bonchev–Trinajstić information content (AvgIpc) is 2.75. The summed E-state index contributed by atoms with van der Waals surface area (Å²) in [5, 5.41) is 0.416. The smallest absolute Gasteiger partial charge is 0.215 e. The molecular formula is C28H52N4O4Si2. The van der Waals surface area contributed by atoms with E-state index in [-0.39, 0.29) is 22.3 Å². The standard InChI is InChI=1S/2C14H26N2O2Si/c1-11(10-17-19(5,6)14(2,3)4)18-13-9-12(15)7-8-16-13;1-11(18-19(5,6)14(2,3)4)10-17-13-9-12(15)7-8-16-13/h2*7-9,11H,10H2,1-6H3,(H2,15,16)/t2*11-/m11/s1. The molecule has 0 spiro atoms. The van der Waals surface area contributed by atoms with E-state index in [1.54, 1.807) is 36.7 Å². The molecular weight excluding hydrogens is 513 g/mol. The van der Waals surface area contributed by atoms with Gasteiger partial charge in [-0.25, -0.2) is 9.97 Å². The van der Waals surface area contributed by atoms with Crippen LogP contribution < -0.4 is 20.9 Å². The van der Waals surface area contributed by atoms with E-state index in [4.69, 9.17) is 29.8 Å². The van der Waals surface area contributed by atoms with Gasteiger partial charge < -0.3 is 29.8 Å². The molecule has 0 bridgehead atoms. The summed E-state index contributed by atoms with van der Waals surface area (Å²) in [4.78, 5) is 8.24. The third-order valence-electron chi connectivity index (χ3n) is 7.09. The minimum atomic E-state index is -1.74. The Morgan fingerprint density at radius 1 is 0.737 bits per heavy atom. The van der Waals surface area contributed by atoms with Crippen LogP contribution in [0.2, 0.25) is 36.3 Å². The second kappa shape index (κ2) is 13.8. The maximum absolute atomic E-state index is 6.21. The Morgan fingerprint density at radius 3 is 1.68 bits per heavy atom. The molecule has 8 nitrogen and oxygen atoms in total. The van der Waals surface area contributed by atoms with Crippen LogP contribution >= 0.6 is 0 Å². The van der Waals surface area contributed by atoms with Gasteiger partial charge in [-0.1, -0.05) is 41.5 Å². The minimum Gasteiger partial charge on any atom is -0.475 e. The van der Waals surface area contributed by atoms with Gasteiger partial charge in [0.05, 0.1) is 12.7 Å². The normalized spacial score (nSPS) is 14.2. The molecule has 2 heterocycles. The van der Waals surface area contributed by atoms with Crippen molar-refractivity contribution in [3.63, 3.8) is 0 Å². The SMILES string of the molecule is C[C@H](CO[Si](C)(C)C(C)(C)C)Oc1cc(N)ccn1.C[C@H](COc1cc(N)ccn1)O[Si](C)(C)C(C)(C)C. The third kappa shape index (κ3) is 11.7. The summed E-state index contributed by atoms with van der Waals surface area (Å²) in [7, 11) is -3.46. The van der Waals surface area contributed by atoms with Crippen molar-refractivity contribution < 1.29 is 18.3 Å². The molecule has 0 fully saturated rings. The van der Waals surface area contributed by atoms with Gasteiger partial charge in [0.25, 0.3) is 0 Å². The Morgan fingerprint density at radius 2 is 1.21 bits per heavy atom. The largest absolute Gasteiger partial charge is 0.475 e. The molecule has 0 saturated heterocycles. The molecule has 0 aromatic carbocycles. The second-order valence-electron chi connectivity index (χ2n) is 12.9. The number of hydrogen-bond acceptors (Lipinski definition) is 8. The van der Waals surface area contributed by atoms with Gasteiger partial charge in [-0.15, -0.1) is 0 Å². The predicted molar refractivity (Wildman–Crippen MR) is 164 cm³/mol. The lowest BCUT2D eigenvalue weighted by atomic mass is 10.2. The zero-order chi connectivity index (χ0) is 29.4. The Kier molecular flexibility index (Phi) is 12.3. The maximum Gasteiger partial charge on any atom is 0.215 e. The van der Waals surface area contributed by atoms with Gasteiger partial charge in [-0.3, -0.25) is 0 Å². The number of hydrogen-bond donors (Lipinski definition) is 2. The summed E-state index contributed by atoms with van der Waals surface area (Å²) in [6, 6.07) is 6.92. The van der Waals surface area contributed by atoms with Crippen LogP contribution in [0.25, 0.3) is 0 Å². The lowest BCUT2D eigenvalue weighted by Gasteiger charge is -2.38. The zero-order valence-electron chi connectivity index (χ0n) is 25.7. The van der Waals surface area contributed by atoms with Crippen LogP contribution in [0.1, 0.15) is 55.4 Å². The molecule has 0 saturated carbocycles. The van der Waals surface area contributed by atoms with Crippen LogP contribution in [-0.2, 0) is 8.85 Å². The Hall–Kier alpha value is -2.15. The first-order valence-corrected chi connectivity index (χ1v) is 19.1. The van der Waals surface area contributed by atoms with Crippen LogP contribution in [0.4, 0.5) is 11.4 Å². The summed E-state index contributed by atoms with van der Waals surface area (Å²) in [5.41, 5.74) is 12.7. The number of pyridine rings is 2. The predicted octanol–water partition coefficient (Wildman–Crippen LogP) is 6.91. The highest BCUT2D eigenvalue weighted by Crippen LogP contribution is 2.37. The first kappa shape index (κ1) is 33.9. The minimum absolute atomic E-state index is 0.0385. The molecule has 0 aliphatic heterocycles. The summed E-state index contributed by atoms with van der Waals surface area (Å²) >= 11 is 0. The van der Waals surface area contributed by atoms with Gasteiger partial charge >= 0.3 is 0 Å². The number of rotatable bonds is 10. The number of nitrogen functional groups attached to an aromatic ring is 2. The zero-order valence-corrected chi connectivity index (χ0v) is 27.7. The first-order chi connectivity index (χ1) is 17.2. The Labute approximate surface area is 233 Å². The van der Waals surface area contributed by atoms with Crippen LogP contribution in [0.15, 0.2) is 36.7 Å². The van der Waals surface area contributed by atoms with E-state index in [2.05, 4.69) is 77.7 Å². The van der Waals surface area contributed by atoms with Gasteiger partial charge in [-0.05, 0) is 62.2 Å². The molecule has 0 radical (unpaired) electrons. The second-order valence-corrected chi connectivity index (χ2v) is 22.4. The van der Waals surface area contributed by atoms with Crippen molar-refractivity contribution >= 4 is 28.0 Å². The Bertz CT molecular complexity index is 991. The molecule has 2 atom stereocenters. The molecule has 0 unspecified atom stereocenters. The fourth-order valence-corrected chi connectivity index (χ4v) is 5.20. The molecule has 4 N–H and O–H groups in total. The molecule has 0 aliphatic carbocycles. The Balaban J connectivity index is 0.000000380. The number of nitrogens with two attached hydrogens (primary N) is 2. The van der Waals surface area contributed by atoms with Gasteiger partial charge in [0, 0.05) is 35.9 Å². The van der Waals surface area contributed by atoms with E-state index in [1.165, 1.54) is 0 Å². The van der Waals surface area contributed by atoms with E-state index in [9.17, 15) is 0 Å². The van der Waals surface area contributed by atoms with Gasteiger partial charge in [0.2, 0.25) is 11.8 Å². The van der Waals surface area contributed by atoms with Crippen LogP contribution in [0.3, 0.4) is 0 Å². The molecule has 216 valence electrons. The van der Waals surface area contributed by atoms with E-state index < -0.39 is 16.6 Å². The topological polar surface area (TPSA) is 115 Å². The fraction of sp³-hybridized carbons (Fsp3) is 0.643. The molecule has 2 rings (SSSR count). The van der Waals surface area contributed by atoms with Gasteiger partial charge in [0.1, 0.15) is 12.7 Å². The molecule has 2 aromatic heterocycles. The highest BCUT2D eigenvalue weighted by molar-refractivity contribution is 6.74. The summed E-state index contributed by atoms with van der Waals surface area (Å²) in [5.74, 6) is 1.09. The summed E-state index contributed by atoms with van der Waals surface area (Å²) < 4.78 is 23.6. The van der Waals surface area contributed by atoms with Crippen LogP contribution in [0.5, 0.6) is 11.8 Å². The average molecular weight is 565 g/mol. The van der Waals surface area contributed by atoms with Crippen molar-refractivity contribution in [2.24, 2.45) is 0 Å². The highest BCUT2D eigenvalue weighted by atomic mass is 28.4. The van der Waals surface area contributed by atoms with Crippen molar-refractivity contribution in [3.8, 4) is 11.8 Å². The molecule has 10 heteroatoms. The summed E-state index contributed by atoms with van der Waals surface area (Å²) in [6.07, 6.45) is 3.29. The monoisotopic (exact) mass is 564 g/mol. The molecule has 0 amide bonds. The summed E-state index contributed by atoms with van der Waals surface area (Å²) in [6.45, 7) is 27.4. The highest BCUT2D eigenvalue weighted by Gasteiger charge is 2.39. The number of ether oxygens (including phenoxy) is 2. The fourth-order valence-electron chi connectivity index (χ4n) is 2.69. The lowest BCUT2D eigenvalue weighted by molar-refractivity contribution is 0.126. The van der Waals surface area contributed by atoms with Gasteiger partial charge in [0.15, 0.2) is 16.6 Å². The van der Waals surface area contributed by atoms with E-state index in [0.717, 1.165) is 0 Å². The van der Waals surface area contributed by atoms with Crippen molar-refractivity contribution in [2.45, 2.75) is 104 Å². The van der Waals surface area contributed by atoms with Crippen molar-refractivity contribution in [1.82, 2.24) is 9.97 Å². The van der Waals surface area contributed by atoms with Crippen molar-refractivity contribution in [2.75, 3.05) is 24.7 Å². The molecule has 38 heavy (non-hydrogen) atoms. The quantitative estimate of drug-likeness (QED) is 0.299. The maximum atomic E-state index is 6.21. The first-order valence-electron chi connectivity index (χ1n) is 13.3. The van der Waals surface area contributed by atoms with Crippen LogP contribution in [0, 0.1) is 0 Å². The van der Waals surface area contributed by atoms with Crippen LogP contribution in [-0.4, -0.2) is 52.0 Å².